The monoisotopic (exact) mass is 365 g/mol. The molecule has 0 bridgehead atoms. The second-order valence-electron chi connectivity index (χ2n) is 6.27. The van der Waals surface area contributed by atoms with Gasteiger partial charge in [0.2, 0.25) is 10.0 Å². The molecule has 0 amide bonds. The molecule has 0 radical (unpaired) electrons. The Bertz CT molecular complexity index is 788. The minimum Gasteiger partial charge on any atom is -0.378 e. The van der Waals surface area contributed by atoms with Gasteiger partial charge in [0.05, 0.1) is 4.90 Å². The van der Waals surface area contributed by atoms with E-state index in [2.05, 4.69) is 4.72 Å². The first-order valence-electron chi connectivity index (χ1n) is 7.89. The highest BCUT2D eigenvalue weighted by Gasteiger charge is 2.19. The molecule has 0 unspecified atom stereocenters. The van der Waals surface area contributed by atoms with Gasteiger partial charge >= 0.3 is 0 Å². The fraction of sp³-hybridized carbons (Fsp3) is 0.333. The Kier molecular flexibility index (Phi) is 6.16. The summed E-state index contributed by atoms with van der Waals surface area (Å²) in [5, 5.41) is 0. The summed E-state index contributed by atoms with van der Waals surface area (Å²) in [5.74, 6) is -0.467. The molecule has 0 saturated heterocycles. The highest BCUT2D eigenvalue weighted by molar-refractivity contribution is 7.89. The number of anilines is 1. The minimum atomic E-state index is -3.69. The second-order valence-corrected chi connectivity index (χ2v) is 8.04. The van der Waals surface area contributed by atoms with Crippen LogP contribution < -0.4 is 9.62 Å². The van der Waals surface area contributed by atoms with Gasteiger partial charge in [-0.25, -0.2) is 17.5 Å². The number of likely N-dealkylation sites (N-methyl/N-ethyl adjacent to an activating group) is 1. The van der Waals surface area contributed by atoms with Gasteiger partial charge in [0, 0.05) is 32.4 Å². The van der Waals surface area contributed by atoms with Crippen LogP contribution in [0.1, 0.15) is 11.6 Å². The van der Waals surface area contributed by atoms with Crippen molar-refractivity contribution in [3.8, 4) is 0 Å². The molecule has 0 aliphatic heterocycles. The standard InChI is InChI=1S/C18H24FN3O2S/c1-21(2)16-9-5-14(6-10-16)18(22(3)4)13-20-25(23,24)17-11-7-15(19)8-12-17/h5-12,18,20H,13H2,1-4H3/t18-/m1/s1. The Labute approximate surface area is 149 Å². The Balaban J connectivity index is 2.15. The average Bonchev–Trinajstić information content (AvgIpc) is 2.55. The normalized spacial score (nSPS) is 13.0. The molecule has 25 heavy (non-hydrogen) atoms. The van der Waals surface area contributed by atoms with Crippen molar-refractivity contribution in [3.05, 3.63) is 59.9 Å². The molecule has 1 N–H and O–H groups in total. The highest BCUT2D eigenvalue weighted by atomic mass is 32.2. The number of nitrogens with zero attached hydrogens (tertiary/aromatic N) is 2. The van der Waals surface area contributed by atoms with Crippen LogP contribution in [-0.4, -0.2) is 48.1 Å². The number of hydrogen-bond acceptors (Lipinski definition) is 4. The number of hydrogen-bond donors (Lipinski definition) is 1. The maximum absolute atomic E-state index is 13.0. The van der Waals surface area contributed by atoms with E-state index < -0.39 is 15.8 Å². The molecule has 2 aromatic rings. The lowest BCUT2D eigenvalue weighted by atomic mass is 10.1. The highest BCUT2D eigenvalue weighted by Crippen LogP contribution is 2.21. The molecule has 0 aliphatic carbocycles. The summed E-state index contributed by atoms with van der Waals surface area (Å²) < 4.78 is 40.4. The molecule has 0 aliphatic rings. The van der Waals surface area contributed by atoms with E-state index >= 15 is 0 Å². The van der Waals surface area contributed by atoms with Crippen molar-refractivity contribution in [1.82, 2.24) is 9.62 Å². The lowest BCUT2D eigenvalue weighted by Gasteiger charge is -2.25. The molecule has 0 aromatic heterocycles. The molecule has 136 valence electrons. The predicted octanol–water partition coefficient (Wildman–Crippen LogP) is 2.47. The molecular weight excluding hydrogens is 341 g/mol. The lowest BCUT2D eigenvalue weighted by Crippen LogP contribution is -2.34. The zero-order chi connectivity index (χ0) is 18.6. The van der Waals surface area contributed by atoms with Gasteiger partial charge in [0.25, 0.3) is 0 Å². The largest absolute Gasteiger partial charge is 0.378 e. The summed E-state index contributed by atoms with van der Waals surface area (Å²) in [4.78, 5) is 4.01. The van der Waals surface area contributed by atoms with E-state index in [1.165, 1.54) is 12.1 Å². The Morgan fingerprint density at radius 2 is 1.52 bits per heavy atom. The van der Waals surface area contributed by atoms with Crippen molar-refractivity contribution in [3.63, 3.8) is 0 Å². The van der Waals surface area contributed by atoms with Gasteiger partial charge in [-0.05, 0) is 56.1 Å². The number of rotatable bonds is 7. The molecule has 0 spiro atoms. The van der Waals surface area contributed by atoms with Crippen molar-refractivity contribution in [1.29, 1.82) is 0 Å². The zero-order valence-electron chi connectivity index (χ0n) is 14.9. The van der Waals surface area contributed by atoms with Gasteiger partial charge in [-0.3, -0.25) is 0 Å². The molecule has 0 heterocycles. The number of nitrogens with one attached hydrogen (secondary N) is 1. The van der Waals surface area contributed by atoms with Crippen molar-refractivity contribution >= 4 is 15.7 Å². The second kappa shape index (κ2) is 7.95. The van der Waals surface area contributed by atoms with Crippen LogP contribution in [0.25, 0.3) is 0 Å². The van der Waals surface area contributed by atoms with E-state index in [-0.39, 0.29) is 17.5 Å². The zero-order valence-corrected chi connectivity index (χ0v) is 15.7. The van der Waals surface area contributed by atoms with Gasteiger partial charge in [-0.1, -0.05) is 12.1 Å². The number of halogens is 1. The maximum Gasteiger partial charge on any atom is 0.240 e. The molecule has 0 saturated carbocycles. The summed E-state index contributed by atoms with van der Waals surface area (Å²) in [6.45, 7) is 0.216. The Morgan fingerprint density at radius 1 is 0.960 bits per heavy atom. The molecule has 5 nitrogen and oxygen atoms in total. The third kappa shape index (κ3) is 5.01. The predicted molar refractivity (Wildman–Crippen MR) is 98.8 cm³/mol. The Hall–Kier alpha value is -1.96. The van der Waals surface area contributed by atoms with E-state index in [1.807, 2.05) is 62.3 Å². The number of sulfonamides is 1. The third-order valence-corrected chi connectivity index (χ3v) is 5.45. The van der Waals surface area contributed by atoms with Gasteiger partial charge in [0.15, 0.2) is 0 Å². The Morgan fingerprint density at radius 3 is 2.00 bits per heavy atom. The summed E-state index contributed by atoms with van der Waals surface area (Å²) in [7, 11) is 4.05. The van der Waals surface area contributed by atoms with E-state index in [9.17, 15) is 12.8 Å². The summed E-state index contributed by atoms with van der Waals surface area (Å²) in [6, 6.07) is 12.7. The average molecular weight is 365 g/mol. The quantitative estimate of drug-likeness (QED) is 0.819. The maximum atomic E-state index is 13.0. The molecule has 0 fully saturated rings. The number of benzene rings is 2. The van der Waals surface area contributed by atoms with Gasteiger partial charge in [-0.2, -0.15) is 0 Å². The van der Waals surface area contributed by atoms with Gasteiger partial charge in [0.1, 0.15) is 5.82 Å². The first kappa shape index (κ1) is 19.4. The summed E-state index contributed by atoms with van der Waals surface area (Å²) >= 11 is 0. The van der Waals surface area contributed by atoms with E-state index in [0.29, 0.717) is 0 Å². The van der Waals surface area contributed by atoms with Crippen LogP contribution in [0, 0.1) is 5.82 Å². The van der Waals surface area contributed by atoms with Crippen LogP contribution in [0.4, 0.5) is 10.1 Å². The van der Waals surface area contributed by atoms with Crippen molar-refractivity contribution in [2.75, 3.05) is 39.6 Å². The summed E-state index contributed by atoms with van der Waals surface area (Å²) in [6.07, 6.45) is 0. The van der Waals surface area contributed by atoms with Crippen LogP contribution in [0.15, 0.2) is 53.4 Å². The van der Waals surface area contributed by atoms with E-state index in [0.717, 1.165) is 23.4 Å². The van der Waals surface area contributed by atoms with E-state index in [1.54, 1.807) is 0 Å². The lowest BCUT2D eigenvalue weighted by molar-refractivity contribution is 0.299. The SMILES string of the molecule is CN(C)c1ccc([C@@H](CNS(=O)(=O)c2ccc(F)cc2)N(C)C)cc1. The molecule has 2 aromatic carbocycles. The van der Waals surface area contributed by atoms with E-state index in [4.69, 9.17) is 0 Å². The molecule has 1 atom stereocenters. The van der Waals surface area contributed by atoms with Crippen LogP contribution in [0.5, 0.6) is 0 Å². The van der Waals surface area contributed by atoms with Crippen molar-refractivity contribution in [2.24, 2.45) is 0 Å². The van der Waals surface area contributed by atoms with Crippen molar-refractivity contribution in [2.45, 2.75) is 10.9 Å². The van der Waals surface area contributed by atoms with Crippen LogP contribution in [0.3, 0.4) is 0 Å². The van der Waals surface area contributed by atoms with Crippen molar-refractivity contribution < 1.29 is 12.8 Å². The molecule has 7 heteroatoms. The topological polar surface area (TPSA) is 52.7 Å². The minimum absolute atomic E-state index is 0.0503. The van der Waals surface area contributed by atoms with Gasteiger partial charge in [-0.15, -0.1) is 0 Å². The van der Waals surface area contributed by atoms with Crippen LogP contribution in [-0.2, 0) is 10.0 Å². The van der Waals surface area contributed by atoms with Crippen LogP contribution in [0.2, 0.25) is 0 Å². The smallest absolute Gasteiger partial charge is 0.240 e. The fourth-order valence-corrected chi connectivity index (χ4v) is 3.52. The molecular formula is C18H24FN3O2S. The summed E-state index contributed by atoms with van der Waals surface area (Å²) in [5.41, 5.74) is 2.09. The van der Waals surface area contributed by atoms with Crippen LogP contribution >= 0.6 is 0 Å². The third-order valence-electron chi connectivity index (χ3n) is 4.01. The first-order valence-corrected chi connectivity index (χ1v) is 9.38. The first-order chi connectivity index (χ1) is 11.7. The fourth-order valence-electron chi connectivity index (χ4n) is 2.48. The van der Waals surface area contributed by atoms with Gasteiger partial charge < -0.3 is 9.80 Å². The molecule has 2 rings (SSSR count).